The van der Waals surface area contributed by atoms with Gasteiger partial charge in [0.2, 0.25) is 5.91 Å². The zero-order valence-electron chi connectivity index (χ0n) is 13.1. The molecule has 0 aliphatic carbocycles. The molecule has 2 atom stereocenters. The highest BCUT2D eigenvalue weighted by molar-refractivity contribution is 6.30. The van der Waals surface area contributed by atoms with Crippen LogP contribution in [0.3, 0.4) is 0 Å². The van der Waals surface area contributed by atoms with Crippen LogP contribution in [-0.4, -0.2) is 43.6 Å². The molecule has 2 rings (SSSR count). The second kappa shape index (κ2) is 7.70. The summed E-state index contributed by atoms with van der Waals surface area (Å²) in [5.41, 5.74) is 6.51. The minimum absolute atomic E-state index is 0.164. The van der Waals surface area contributed by atoms with Gasteiger partial charge >= 0.3 is 0 Å². The zero-order chi connectivity index (χ0) is 16.1. The maximum Gasteiger partial charge on any atom is 0.224 e. The largest absolute Gasteiger partial charge is 0.495 e. The molecule has 5 nitrogen and oxygen atoms in total. The quantitative estimate of drug-likeness (QED) is 0.842. The summed E-state index contributed by atoms with van der Waals surface area (Å²) in [6.07, 6.45) is 1.44. The summed E-state index contributed by atoms with van der Waals surface area (Å²) in [7, 11) is 1.61. The van der Waals surface area contributed by atoms with Gasteiger partial charge in [-0.1, -0.05) is 11.6 Å². The Morgan fingerprint density at radius 2 is 2.32 bits per heavy atom. The zero-order valence-corrected chi connectivity index (χ0v) is 13.9. The van der Waals surface area contributed by atoms with E-state index in [1.165, 1.54) is 0 Å². The van der Waals surface area contributed by atoms with E-state index in [0.29, 0.717) is 30.5 Å². The molecule has 1 aliphatic heterocycles. The van der Waals surface area contributed by atoms with Gasteiger partial charge in [-0.15, -0.1) is 0 Å². The molecule has 1 fully saturated rings. The van der Waals surface area contributed by atoms with Crippen molar-refractivity contribution in [1.82, 2.24) is 4.90 Å². The molecular formula is C16H24ClN3O2. The highest BCUT2D eigenvalue weighted by Crippen LogP contribution is 2.28. The molecule has 3 N–H and O–H groups in total. The maximum absolute atomic E-state index is 12.3. The lowest BCUT2D eigenvalue weighted by Crippen LogP contribution is -2.35. The molecule has 0 saturated carbocycles. The van der Waals surface area contributed by atoms with E-state index >= 15 is 0 Å². The first-order valence-corrected chi connectivity index (χ1v) is 8.00. The van der Waals surface area contributed by atoms with Crippen molar-refractivity contribution in [3.63, 3.8) is 0 Å². The lowest BCUT2D eigenvalue weighted by molar-refractivity contribution is -0.131. The molecular weight excluding hydrogens is 302 g/mol. The Labute approximate surface area is 136 Å². The van der Waals surface area contributed by atoms with Crippen LogP contribution in [0.1, 0.15) is 19.8 Å². The van der Waals surface area contributed by atoms with Crippen LogP contribution in [0.25, 0.3) is 0 Å². The summed E-state index contributed by atoms with van der Waals surface area (Å²) in [6.45, 7) is 4.05. The fraction of sp³-hybridized carbons (Fsp3) is 0.562. The van der Waals surface area contributed by atoms with Gasteiger partial charge < -0.3 is 20.7 Å². The van der Waals surface area contributed by atoms with Gasteiger partial charge in [0.05, 0.1) is 12.8 Å². The minimum atomic E-state index is 0.164. The highest BCUT2D eigenvalue weighted by atomic mass is 35.5. The van der Waals surface area contributed by atoms with Crippen molar-refractivity contribution < 1.29 is 9.53 Å². The van der Waals surface area contributed by atoms with Crippen molar-refractivity contribution >= 4 is 23.2 Å². The Bertz CT molecular complexity index is 524. The summed E-state index contributed by atoms with van der Waals surface area (Å²) in [5.74, 6) is 1.31. The van der Waals surface area contributed by atoms with Crippen LogP contribution in [0.15, 0.2) is 18.2 Å². The highest BCUT2D eigenvalue weighted by Gasteiger charge is 2.30. The molecule has 0 radical (unpaired) electrons. The third-order valence-corrected chi connectivity index (χ3v) is 4.37. The van der Waals surface area contributed by atoms with Crippen LogP contribution in [0.5, 0.6) is 5.75 Å². The Hall–Kier alpha value is -1.46. The third kappa shape index (κ3) is 4.05. The fourth-order valence-electron chi connectivity index (χ4n) is 2.93. The van der Waals surface area contributed by atoms with Crippen LogP contribution >= 0.6 is 11.6 Å². The monoisotopic (exact) mass is 325 g/mol. The lowest BCUT2D eigenvalue weighted by atomic mass is 10.1. The first-order chi connectivity index (χ1) is 10.5. The molecule has 122 valence electrons. The molecule has 1 amide bonds. The van der Waals surface area contributed by atoms with E-state index < -0.39 is 0 Å². The van der Waals surface area contributed by atoms with Gasteiger partial charge in [-0.25, -0.2) is 0 Å². The smallest absolute Gasteiger partial charge is 0.224 e. The summed E-state index contributed by atoms with van der Waals surface area (Å²) < 4.78 is 5.27. The van der Waals surface area contributed by atoms with Gasteiger partial charge in [-0.05, 0) is 44.0 Å². The van der Waals surface area contributed by atoms with Gasteiger partial charge in [0.15, 0.2) is 0 Å². The minimum Gasteiger partial charge on any atom is -0.495 e. The Morgan fingerprint density at radius 3 is 2.95 bits per heavy atom. The number of hydrogen-bond donors (Lipinski definition) is 2. The van der Waals surface area contributed by atoms with Crippen molar-refractivity contribution in [3.8, 4) is 5.75 Å². The van der Waals surface area contributed by atoms with E-state index in [2.05, 4.69) is 12.2 Å². The predicted molar refractivity (Wildman–Crippen MR) is 89.4 cm³/mol. The average molecular weight is 326 g/mol. The number of rotatable bonds is 6. The molecule has 0 bridgehead atoms. The van der Waals surface area contributed by atoms with E-state index in [9.17, 15) is 4.79 Å². The van der Waals surface area contributed by atoms with Crippen LogP contribution in [0.2, 0.25) is 5.02 Å². The number of nitrogens with two attached hydrogens (primary N) is 1. The van der Waals surface area contributed by atoms with Gasteiger partial charge in [-0.2, -0.15) is 0 Å². The van der Waals surface area contributed by atoms with Gasteiger partial charge in [0.1, 0.15) is 5.75 Å². The Balaban J connectivity index is 1.86. The molecule has 2 unspecified atom stereocenters. The van der Waals surface area contributed by atoms with Gasteiger partial charge in [0.25, 0.3) is 0 Å². The molecule has 0 aromatic heterocycles. The standard InChI is InChI=1S/C16H24ClN3O2/c1-11-7-12(9-18)10-20(11)16(21)5-6-19-14-8-13(17)3-4-15(14)22-2/h3-4,8,11-12,19H,5-7,9-10,18H2,1-2H3. The topological polar surface area (TPSA) is 67.6 Å². The second-order valence-electron chi connectivity index (χ2n) is 5.75. The van der Waals surface area contributed by atoms with Crippen LogP contribution in [0.4, 0.5) is 5.69 Å². The van der Waals surface area contributed by atoms with Crippen molar-refractivity contribution in [2.75, 3.05) is 32.1 Å². The van der Waals surface area contributed by atoms with Gasteiger partial charge in [-0.3, -0.25) is 4.79 Å². The number of methoxy groups -OCH3 is 1. The molecule has 1 saturated heterocycles. The molecule has 1 aromatic rings. The number of nitrogens with zero attached hydrogens (tertiary/aromatic N) is 1. The number of carbonyl (C=O) groups excluding carboxylic acids is 1. The molecule has 6 heteroatoms. The average Bonchev–Trinajstić information content (AvgIpc) is 2.88. The predicted octanol–water partition coefficient (Wildman–Crippen LogP) is 2.35. The molecule has 1 aliphatic rings. The Kier molecular flexibility index (Phi) is 5.91. The van der Waals surface area contributed by atoms with Crippen LogP contribution in [-0.2, 0) is 4.79 Å². The summed E-state index contributed by atoms with van der Waals surface area (Å²) in [5, 5.41) is 3.85. The molecule has 1 aromatic carbocycles. The number of halogens is 1. The van der Waals surface area contributed by atoms with E-state index in [4.69, 9.17) is 22.1 Å². The number of amides is 1. The van der Waals surface area contributed by atoms with Crippen molar-refractivity contribution in [2.45, 2.75) is 25.8 Å². The number of likely N-dealkylation sites (tertiary alicyclic amines) is 1. The van der Waals surface area contributed by atoms with Crippen molar-refractivity contribution in [3.05, 3.63) is 23.2 Å². The number of carbonyl (C=O) groups is 1. The number of hydrogen-bond acceptors (Lipinski definition) is 4. The molecule has 22 heavy (non-hydrogen) atoms. The maximum atomic E-state index is 12.3. The Morgan fingerprint density at radius 1 is 1.55 bits per heavy atom. The van der Waals surface area contributed by atoms with E-state index in [-0.39, 0.29) is 11.9 Å². The SMILES string of the molecule is COc1ccc(Cl)cc1NCCC(=O)N1CC(CN)CC1C. The van der Waals surface area contributed by atoms with Crippen molar-refractivity contribution in [2.24, 2.45) is 11.7 Å². The first-order valence-electron chi connectivity index (χ1n) is 7.62. The number of anilines is 1. The third-order valence-electron chi connectivity index (χ3n) is 4.13. The fourth-order valence-corrected chi connectivity index (χ4v) is 3.10. The lowest BCUT2D eigenvalue weighted by Gasteiger charge is -2.22. The van der Waals surface area contributed by atoms with Crippen molar-refractivity contribution in [1.29, 1.82) is 0 Å². The summed E-state index contributed by atoms with van der Waals surface area (Å²) >= 11 is 5.99. The van der Waals surface area contributed by atoms with Gasteiger partial charge in [0, 0.05) is 30.6 Å². The normalized spacial score (nSPS) is 21.0. The van der Waals surface area contributed by atoms with E-state index in [1.807, 2.05) is 4.90 Å². The van der Waals surface area contributed by atoms with Crippen LogP contribution in [0, 0.1) is 5.92 Å². The van der Waals surface area contributed by atoms with E-state index in [1.54, 1.807) is 25.3 Å². The second-order valence-corrected chi connectivity index (χ2v) is 6.19. The number of ether oxygens (including phenoxy) is 1. The summed E-state index contributed by atoms with van der Waals surface area (Å²) in [6, 6.07) is 5.66. The first kappa shape index (κ1) is 16.9. The number of nitrogens with one attached hydrogen (secondary N) is 1. The van der Waals surface area contributed by atoms with E-state index in [0.717, 1.165) is 24.4 Å². The molecule has 1 heterocycles. The molecule has 0 spiro atoms. The summed E-state index contributed by atoms with van der Waals surface area (Å²) in [4.78, 5) is 14.3. The van der Waals surface area contributed by atoms with Crippen LogP contribution < -0.4 is 15.8 Å². The number of benzene rings is 1.